The normalized spacial score (nSPS) is 31.4. The number of hydrogen-bond acceptors (Lipinski definition) is 2. The maximum Gasteiger partial charge on any atom is 0.0590 e. The van der Waals surface area contributed by atoms with Gasteiger partial charge in [0, 0.05) is 26.1 Å². The first kappa shape index (κ1) is 9.57. The minimum Gasteiger partial charge on any atom is -0.393 e. The Bertz CT molecular complexity index is 173. The summed E-state index contributed by atoms with van der Waals surface area (Å²) in [5.74, 6) is 3.04. The number of nitrogens with zero attached hydrogens (tertiary/aromatic N) is 1. The fourth-order valence-electron chi connectivity index (χ4n) is 1.65. The van der Waals surface area contributed by atoms with Crippen molar-refractivity contribution in [1.82, 2.24) is 4.90 Å². The van der Waals surface area contributed by atoms with Gasteiger partial charge in [-0.25, -0.2) is 0 Å². The zero-order chi connectivity index (χ0) is 8.97. The van der Waals surface area contributed by atoms with Crippen LogP contribution in [-0.4, -0.2) is 35.7 Å². The molecule has 1 aliphatic rings. The van der Waals surface area contributed by atoms with Gasteiger partial charge in [-0.2, -0.15) is 0 Å². The van der Waals surface area contributed by atoms with Crippen LogP contribution in [0.1, 0.15) is 19.8 Å². The highest BCUT2D eigenvalue weighted by Gasteiger charge is 2.23. The molecule has 0 saturated carbocycles. The van der Waals surface area contributed by atoms with Gasteiger partial charge in [0.25, 0.3) is 0 Å². The Labute approximate surface area is 74.6 Å². The van der Waals surface area contributed by atoms with Gasteiger partial charge in [-0.15, -0.1) is 12.3 Å². The van der Waals surface area contributed by atoms with Crippen LogP contribution in [0.15, 0.2) is 0 Å². The van der Waals surface area contributed by atoms with Crippen LogP contribution >= 0.6 is 0 Å². The average Bonchev–Trinajstić information content (AvgIpc) is 2.07. The molecule has 0 spiro atoms. The molecule has 0 bridgehead atoms. The number of hydrogen-bond donors (Lipinski definition) is 1. The number of rotatable bonds is 2. The van der Waals surface area contributed by atoms with E-state index in [1.807, 2.05) is 0 Å². The van der Waals surface area contributed by atoms with Crippen LogP contribution in [0.25, 0.3) is 0 Å². The first-order valence-electron chi connectivity index (χ1n) is 4.58. The zero-order valence-electron chi connectivity index (χ0n) is 7.66. The van der Waals surface area contributed by atoms with Crippen LogP contribution in [-0.2, 0) is 0 Å². The van der Waals surface area contributed by atoms with Crippen molar-refractivity contribution in [2.24, 2.45) is 5.92 Å². The molecule has 1 aliphatic heterocycles. The average molecular weight is 167 g/mol. The van der Waals surface area contributed by atoms with E-state index in [1.54, 1.807) is 0 Å². The van der Waals surface area contributed by atoms with Gasteiger partial charge in [-0.05, 0) is 12.3 Å². The van der Waals surface area contributed by atoms with E-state index in [1.165, 1.54) is 0 Å². The quantitative estimate of drug-likeness (QED) is 0.612. The summed E-state index contributed by atoms with van der Waals surface area (Å²) >= 11 is 0. The molecule has 2 atom stereocenters. The third-order valence-corrected chi connectivity index (χ3v) is 2.52. The van der Waals surface area contributed by atoms with Crippen molar-refractivity contribution in [3.8, 4) is 12.3 Å². The van der Waals surface area contributed by atoms with Crippen molar-refractivity contribution in [2.75, 3.05) is 19.6 Å². The summed E-state index contributed by atoms with van der Waals surface area (Å²) in [6.07, 6.45) is 6.79. The first-order chi connectivity index (χ1) is 5.74. The highest BCUT2D eigenvalue weighted by Crippen LogP contribution is 2.16. The molecule has 0 amide bonds. The van der Waals surface area contributed by atoms with Gasteiger partial charge in [0.2, 0.25) is 0 Å². The van der Waals surface area contributed by atoms with E-state index in [-0.39, 0.29) is 6.10 Å². The van der Waals surface area contributed by atoms with Crippen LogP contribution in [0.3, 0.4) is 0 Å². The maximum absolute atomic E-state index is 9.45. The highest BCUT2D eigenvalue weighted by molar-refractivity contribution is 4.86. The van der Waals surface area contributed by atoms with Gasteiger partial charge >= 0.3 is 0 Å². The number of terminal acetylenes is 1. The highest BCUT2D eigenvalue weighted by atomic mass is 16.3. The van der Waals surface area contributed by atoms with Crippen LogP contribution in [0.2, 0.25) is 0 Å². The minimum absolute atomic E-state index is 0.105. The lowest BCUT2D eigenvalue weighted by molar-refractivity contribution is 0.0360. The van der Waals surface area contributed by atoms with E-state index in [2.05, 4.69) is 17.7 Å². The number of aliphatic hydroxyl groups is 1. The van der Waals surface area contributed by atoms with Crippen molar-refractivity contribution < 1.29 is 5.11 Å². The smallest absolute Gasteiger partial charge is 0.0590 e. The maximum atomic E-state index is 9.45. The molecule has 1 N–H and O–H groups in total. The van der Waals surface area contributed by atoms with E-state index in [0.717, 1.165) is 32.5 Å². The number of likely N-dealkylation sites (tertiary alicyclic amines) is 1. The van der Waals surface area contributed by atoms with Crippen molar-refractivity contribution in [2.45, 2.75) is 25.9 Å². The van der Waals surface area contributed by atoms with Gasteiger partial charge in [0.15, 0.2) is 0 Å². The standard InChI is InChI=1S/C10H17NO/c1-3-4-6-11-7-5-10(12)9(2)8-11/h1,9-10,12H,4-8H2,2H3. The van der Waals surface area contributed by atoms with Crippen LogP contribution in [0, 0.1) is 18.3 Å². The molecule has 1 rings (SSSR count). The lowest BCUT2D eigenvalue weighted by Crippen LogP contribution is -2.42. The van der Waals surface area contributed by atoms with Crippen molar-refractivity contribution in [3.63, 3.8) is 0 Å². The lowest BCUT2D eigenvalue weighted by Gasteiger charge is -2.33. The van der Waals surface area contributed by atoms with Crippen LogP contribution in [0.4, 0.5) is 0 Å². The summed E-state index contributed by atoms with van der Waals surface area (Å²) in [4.78, 5) is 2.33. The summed E-state index contributed by atoms with van der Waals surface area (Å²) in [5.41, 5.74) is 0. The summed E-state index contributed by atoms with van der Waals surface area (Å²) in [5, 5.41) is 9.45. The largest absolute Gasteiger partial charge is 0.393 e. The molecule has 1 heterocycles. The van der Waals surface area contributed by atoms with Crippen molar-refractivity contribution in [1.29, 1.82) is 0 Å². The Morgan fingerprint density at radius 1 is 1.67 bits per heavy atom. The SMILES string of the molecule is C#CCCN1CCC(O)C(C)C1. The molecule has 1 fully saturated rings. The molecule has 0 aromatic heterocycles. The summed E-state index contributed by atoms with van der Waals surface area (Å²) < 4.78 is 0. The second kappa shape index (κ2) is 4.49. The fourth-order valence-corrected chi connectivity index (χ4v) is 1.65. The second-order valence-corrected chi connectivity index (χ2v) is 3.59. The number of aliphatic hydroxyl groups excluding tert-OH is 1. The molecule has 0 aromatic carbocycles. The Kier molecular flexibility index (Phi) is 3.58. The molecular weight excluding hydrogens is 150 g/mol. The Hall–Kier alpha value is -0.520. The van der Waals surface area contributed by atoms with Gasteiger partial charge < -0.3 is 10.0 Å². The molecular formula is C10H17NO. The van der Waals surface area contributed by atoms with E-state index < -0.39 is 0 Å². The van der Waals surface area contributed by atoms with E-state index in [0.29, 0.717) is 5.92 Å². The second-order valence-electron chi connectivity index (χ2n) is 3.59. The Balaban J connectivity index is 2.26. The predicted octanol–water partition coefficient (Wildman–Crippen LogP) is 0.712. The van der Waals surface area contributed by atoms with Gasteiger partial charge in [-0.3, -0.25) is 0 Å². The molecule has 2 unspecified atom stereocenters. The van der Waals surface area contributed by atoms with Gasteiger partial charge in [0.1, 0.15) is 0 Å². The zero-order valence-corrected chi connectivity index (χ0v) is 7.66. The predicted molar refractivity (Wildman–Crippen MR) is 49.7 cm³/mol. The number of piperidine rings is 1. The van der Waals surface area contributed by atoms with Crippen molar-refractivity contribution in [3.05, 3.63) is 0 Å². The van der Waals surface area contributed by atoms with Crippen LogP contribution < -0.4 is 0 Å². The van der Waals surface area contributed by atoms with E-state index >= 15 is 0 Å². The lowest BCUT2D eigenvalue weighted by atomic mass is 9.97. The molecule has 1 saturated heterocycles. The molecule has 0 aromatic rings. The summed E-state index contributed by atoms with van der Waals surface area (Å²) in [6, 6.07) is 0. The third-order valence-electron chi connectivity index (χ3n) is 2.52. The third kappa shape index (κ3) is 2.51. The van der Waals surface area contributed by atoms with Crippen molar-refractivity contribution >= 4 is 0 Å². The van der Waals surface area contributed by atoms with E-state index in [4.69, 9.17) is 6.42 Å². The summed E-state index contributed by atoms with van der Waals surface area (Å²) in [7, 11) is 0. The van der Waals surface area contributed by atoms with Crippen LogP contribution in [0.5, 0.6) is 0 Å². The Morgan fingerprint density at radius 2 is 2.42 bits per heavy atom. The molecule has 2 heteroatoms. The molecule has 0 radical (unpaired) electrons. The molecule has 0 aliphatic carbocycles. The molecule has 68 valence electrons. The minimum atomic E-state index is -0.105. The molecule has 2 nitrogen and oxygen atoms in total. The Morgan fingerprint density at radius 3 is 3.00 bits per heavy atom. The first-order valence-corrected chi connectivity index (χ1v) is 4.58. The van der Waals surface area contributed by atoms with Gasteiger partial charge in [0.05, 0.1) is 6.10 Å². The monoisotopic (exact) mass is 167 g/mol. The topological polar surface area (TPSA) is 23.5 Å². The fraction of sp³-hybridized carbons (Fsp3) is 0.800. The molecule has 12 heavy (non-hydrogen) atoms. The van der Waals surface area contributed by atoms with E-state index in [9.17, 15) is 5.11 Å². The van der Waals surface area contributed by atoms with Gasteiger partial charge in [-0.1, -0.05) is 6.92 Å². The summed E-state index contributed by atoms with van der Waals surface area (Å²) in [6.45, 7) is 5.05.